The zero-order chi connectivity index (χ0) is 92.9. The van der Waals surface area contributed by atoms with E-state index in [2.05, 4.69) is 488 Å². The van der Waals surface area contributed by atoms with Gasteiger partial charge in [0.25, 0.3) is 0 Å². The van der Waals surface area contributed by atoms with Crippen molar-refractivity contribution >= 4 is 142 Å². The molecule has 1 aromatic heterocycles. The van der Waals surface area contributed by atoms with E-state index >= 15 is 0 Å². The molecule has 0 radical (unpaired) electrons. The standard InChI is InChI=1S/C63H60Br2N2.C58H59N.C6H3Br2I/c1-4-5-6-7-8-9-10-11-12-13-18-44-23-25-45(26-24-44)46-27-32-51(33-28-46)66(53-36-37-56-55-19-14-16-21-59(55)63(2,3)60(56)43-53)52-34-29-47(30-35-52)48-31-38-62-58(39-48)57-20-15-17-22-61(57)67(62)54-41-49(64)40-50(65)42-54;1-4-5-6-7-8-9-10-11-12-13-18-42-23-25-43(26-24-42)44-29-33-49(34-30-44)59(51-37-38-54-53-21-16-17-22-56(53)58(2,3)57(54)41-51)50-35-31-45(32-36-50)46-27-28-48-39-47-19-14-15-20-52(47)55(48)40-46;7-4-1-5(8)3-6(9)2-4/h14-17,19-43H,4-13,18H2,1-3H3;14-17,19-38,40-41H,4-13,18,39H2,1-3H3;1-3H. The van der Waals surface area contributed by atoms with Crippen LogP contribution in [0.5, 0.6) is 0 Å². The molecule has 3 nitrogen and oxygen atoms in total. The fraction of sp³-hybridized carbons (Fsp3) is 0.244. The predicted molar refractivity (Wildman–Crippen MR) is 603 cm³/mol. The molecule has 1 heterocycles. The van der Waals surface area contributed by atoms with Gasteiger partial charge in [0.05, 0.1) is 11.0 Å². The van der Waals surface area contributed by atoms with E-state index in [9.17, 15) is 0 Å². The van der Waals surface area contributed by atoms with E-state index in [-0.39, 0.29) is 10.8 Å². The molecular weight excluding hydrogens is 2010 g/mol. The van der Waals surface area contributed by atoms with Gasteiger partial charge in [0, 0.05) is 82.9 Å². The summed E-state index contributed by atoms with van der Waals surface area (Å²) in [6.45, 7) is 14.1. The second-order valence-corrected chi connectivity index (χ2v) is 43.3. The first kappa shape index (κ1) is 94.9. The van der Waals surface area contributed by atoms with Crippen LogP contribution in [0.4, 0.5) is 34.1 Å². The van der Waals surface area contributed by atoms with Crippen LogP contribution in [0.3, 0.4) is 0 Å². The molecule has 0 amide bonds. The van der Waals surface area contributed by atoms with Gasteiger partial charge in [-0.15, -0.1) is 0 Å². The van der Waals surface area contributed by atoms with Crippen LogP contribution in [-0.4, -0.2) is 4.57 Å². The van der Waals surface area contributed by atoms with Gasteiger partial charge in [-0.3, -0.25) is 0 Å². The molecule has 20 rings (SSSR count). The van der Waals surface area contributed by atoms with Gasteiger partial charge in [-0.05, 0) is 311 Å². The van der Waals surface area contributed by atoms with Crippen LogP contribution >= 0.6 is 86.3 Å². The summed E-state index contributed by atoms with van der Waals surface area (Å²) in [5, 5.41) is 2.48. The lowest BCUT2D eigenvalue weighted by Crippen LogP contribution is -2.16. The van der Waals surface area contributed by atoms with Crippen molar-refractivity contribution in [2.24, 2.45) is 0 Å². The van der Waals surface area contributed by atoms with Crippen molar-refractivity contribution in [2.45, 2.75) is 200 Å². The molecule has 8 heteroatoms. The van der Waals surface area contributed by atoms with Gasteiger partial charge in [0.15, 0.2) is 0 Å². The minimum absolute atomic E-state index is 0.0762. The van der Waals surface area contributed by atoms with Gasteiger partial charge in [-0.2, -0.15) is 0 Å². The van der Waals surface area contributed by atoms with E-state index in [0.717, 1.165) is 64.9 Å². The van der Waals surface area contributed by atoms with Gasteiger partial charge >= 0.3 is 0 Å². The van der Waals surface area contributed by atoms with Gasteiger partial charge in [-0.25, -0.2) is 0 Å². The molecule has 135 heavy (non-hydrogen) atoms. The van der Waals surface area contributed by atoms with E-state index in [4.69, 9.17) is 0 Å². The molecule has 680 valence electrons. The first-order valence-electron chi connectivity index (χ1n) is 49.4. The van der Waals surface area contributed by atoms with Crippen molar-refractivity contribution < 1.29 is 0 Å². The SMILES string of the molecule is Brc1cc(Br)cc(I)c1.CCCCCCCCCCCCc1ccc(-c2ccc(N(c3ccc(-c4ccc5c(c4)-c4ccccc4C5)cc3)c3ccc4c(c3)C(C)(C)c3ccccc3-4)cc2)cc1.CCCCCCCCCCCCc1ccc(-c2ccc(N(c3ccc(-c4ccc5c(c4)c4ccccc4n5-c4cc(Br)cc(Br)c4)cc3)c3ccc4c(c3)C(C)(C)c3ccccc3-4)cc2)cc1. The minimum atomic E-state index is -0.101. The third kappa shape index (κ3) is 21.8. The third-order valence-electron chi connectivity index (χ3n) is 28.4. The van der Waals surface area contributed by atoms with Crippen molar-refractivity contribution in [3.63, 3.8) is 0 Å². The van der Waals surface area contributed by atoms with Crippen LogP contribution in [0.15, 0.2) is 370 Å². The van der Waals surface area contributed by atoms with Crippen LogP contribution in [0.2, 0.25) is 0 Å². The monoisotopic (exact) mass is 2130 g/mol. The molecule has 0 fully saturated rings. The number of unbranched alkanes of at least 4 members (excludes halogenated alkanes) is 18. The lowest BCUT2D eigenvalue weighted by Gasteiger charge is -2.28. The molecule has 0 saturated carbocycles. The summed E-state index contributed by atoms with van der Waals surface area (Å²) in [5.41, 5.74) is 39.5. The quantitative estimate of drug-likeness (QED) is 0.0300. The van der Waals surface area contributed by atoms with Gasteiger partial charge in [0.1, 0.15) is 0 Å². The molecule has 0 spiro atoms. The Hall–Kier alpha value is -10.4. The number of benzene rings is 16. The smallest absolute Gasteiger partial charge is 0.0541 e. The highest BCUT2D eigenvalue weighted by atomic mass is 127. The number of hydrogen-bond donors (Lipinski definition) is 0. The van der Waals surface area contributed by atoms with Crippen LogP contribution in [0.1, 0.15) is 214 Å². The lowest BCUT2D eigenvalue weighted by atomic mass is 9.82. The fourth-order valence-corrected chi connectivity index (χ4v) is 25.1. The van der Waals surface area contributed by atoms with Crippen molar-refractivity contribution in [3.05, 3.63) is 418 Å². The Morgan fingerprint density at radius 2 is 0.585 bits per heavy atom. The summed E-state index contributed by atoms with van der Waals surface area (Å²) in [7, 11) is 0. The summed E-state index contributed by atoms with van der Waals surface area (Å²) in [6, 6.07) is 131. The number of anilines is 6. The van der Waals surface area contributed by atoms with Crippen molar-refractivity contribution in [2.75, 3.05) is 9.80 Å². The van der Waals surface area contributed by atoms with Crippen molar-refractivity contribution in [1.29, 1.82) is 0 Å². The lowest BCUT2D eigenvalue weighted by molar-refractivity contribution is 0.556. The van der Waals surface area contributed by atoms with Crippen LogP contribution < -0.4 is 9.80 Å². The Kier molecular flexibility index (Phi) is 30.9. The first-order chi connectivity index (χ1) is 65.9. The highest BCUT2D eigenvalue weighted by molar-refractivity contribution is 14.1. The zero-order valence-corrected chi connectivity index (χ0v) is 87.5. The number of aromatic nitrogens is 1. The maximum Gasteiger partial charge on any atom is 0.0541 e. The second kappa shape index (κ2) is 43.9. The highest BCUT2D eigenvalue weighted by Gasteiger charge is 2.38. The van der Waals surface area contributed by atoms with E-state index in [1.54, 1.807) is 0 Å². The number of fused-ring (bicyclic) bond motifs is 12. The molecule has 0 atom stereocenters. The predicted octanol–water partition coefficient (Wildman–Crippen LogP) is 40.5. The third-order valence-corrected chi connectivity index (χ3v) is 30.9. The fourth-order valence-electron chi connectivity index (χ4n) is 21.1. The molecule has 3 aliphatic rings. The molecule has 0 N–H and O–H groups in total. The zero-order valence-electron chi connectivity index (χ0n) is 79.0. The number of halogens is 5. The van der Waals surface area contributed by atoms with Crippen LogP contribution in [0.25, 0.3) is 105 Å². The number of hydrogen-bond acceptors (Lipinski definition) is 2. The number of aryl methyl sites for hydroxylation is 2. The topological polar surface area (TPSA) is 11.4 Å². The molecule has 0 bridgehead atoms. The number of nitrogens with zero attached hydrogens (tertiary/aromatic N) is 3. The molecular formula is C127H122Br4IN3. The van der Waals surface area contributed by atoms with Gasteiger partial charge in [0.2, 0.25) is 0 Å². The van der Waals surface area contributed by atoms with E-state index in [0.29, 0.717) is 0 Å². The normalized spacial score (nSPS) is 12.7. The summed E-state index contributed by atoms with van der Waals surface area (Å²) in [5.74, 6) is 0. The first-order valence-corrected chi connectivity index (χ1v) is 53.7. The molecule has 16 aromatic carbocycles. The largest absolute Gasteiger partial charge is 0.310 e. The molecule has 0 saturated heterocycles. The second-order valence-electron chi connectivity index (χ2n) is 38.4. The van der Waals surface area contributed by atoms with Gasteiger partial charge < -0.3 is 14.4 Å². The molecule has 0 unspecified atom stereocenters. The maximum absolute atomic E-state index is 3.72. The minimum Gasteiger partial charge on any atom is -0.310 e. The Balaban J connectivity index is 0.000000166. The Morgan fingerprint density at radius 1 is 0.259 bits per heavy atom. The maximum atomic E-state index is 3.72. The Labute approximate surface area is 850 Å². The van der Waals surface area contributed by atoms with Crippen molar-refractivity contribution in [3.8, 4) is 83.6 Å². The van der Waals surface area contributed by atoms with Crippen LogP contribution in [0, 0.1) is 3.57 Å². The van der Waals surface area contributed by atoms with E-state index in [1.165, 1.54) is 288 Å². The Morgan fingerprint density at radius 3 is 1.02 bits per heavy atom. The number of rotatable bonds is 33. The number of para-hydroxylation sites is 1. The van der Waals surface area contributed by atoms with Crippen LogP contribution in [-0.2, 0) is 30.1 Å². The van der Waals surface area contributed by atoms with Crippen molar-refractivity contribution in [1.82, 2.24) is 4.57 Å². The Bertz CT molecular complexity index is 6890. The summed E-state index contributed by atoms with van der Waals surface area (Å²) >= 11 is 16.5. The molecule has 3 aliphatic carbocycles. The molecule has 0 aliphatic heterocycles. The van der Waals surface area contributed by atoms with E-state index < -0.39 is 0 Å². The molecule has 17 aromatic rings. The van der Waals surface area contributed by atoms with Gasteiger partial charge in [-0.1, -0.05) is 439 Å². The summed E-state index contributed by atoms with van der Waals surface area (Å²) < 4.78 is 7.90. The average molecular weight is 2140 g/mol. The average Bonchev–Trinajstić information content (AvgIpc) is 1.59. The summed E-state index contributed by atoms with van der Waals surface area (Å²) in [6.07, 6.45) is 30.9. The van der Waals surface area contributed by atoms with E-state index in [1.807, 2.05) is 6.07 Å². The highest BCUT2D eigenvalue weighted by Crippen LogP contribution is 2.54. The summed E-state index contributed by atoms with van der Waals surface area (Å²) in [4.78, 5) is 4.86.